The highest BCUT2D eigenvalue weighted by atomic mass is 16.6. The van der Waals surface area contributed by atoms with E-state index in [4.69, 9.17) is 14.2 Å². The van der Waals surface area contributed by atoms with Crippen LogP contribution in [0.3, 0.4) is 0 Å². The van der Waals surface area contributed by atoms with Gasteiger partial charge in [0.05, 0.1) is 6.61 Å². The van der Waals surface area contributed by atoms with E-state index in [1.807, 2.05) is 6.08 Å². The number of carbonyl (C=O) groups is 2. The summed E-state index contributed by atoms with van der Waals surface area (Å²) < 4.78 is 17.4. The predicted octanol–water partition coefficient (Wildman–Crippen LogP) is 19.0. The molecule has 0 fully saturated rings. The Kier molecular flexibility index (Phi) is 53.4. The molecule has 5 nitrogen and oxygen atoms in total. The van der Waals surface area contributed by atoms with E-state index in [-0.39, 0.29) is 25.2 Å². The van der Waals surface area contributed by atoms with Gasteiger partial charge in [0.25, 0.3) is 0 Å². The number of rotatable bonds is 50. The number of esters is 2. The van der Waals surface area contributed by atoms with Crippen LogP contribution >= 0.6 is 0 Å². The van der Waals surface area contributed by atoms with Crippen LogP contribution < -0.4 is 0 Å². The van der Waals surface area contributed by atoms with Gasteiger partial charge in [0.2, 0.25) is 0 Å². The summed E-state index contributed by atoms with van der Waals surface area (Å²) in [4.78, 5) is 25.4. The third-order valence-corrected chi connectivity index (χ3v) is 11.6. The molecule has 0 aromatic carbocycles. The van der Waals surface area contributed by atoms with Crippen molar-refractivity contribution in [3.63, 3.8) is 0 Å². The van der Waals surface area contributed by atoms with Crippen molar-refractivity contribution in [2.75, 3.05) is 19.8 Å². The molecule has 0 spiro atoms. The van der Waals surface area contributed by atoms with Gasteiger partial charge in [0.1, 0.15) is 6.61 Å². The molecule has 0 saturated heterocycles. The second kappa shape index (κ2) is 56.1. The zero-order valence-electron chi connectivity index (χ0n) is 43.4. The SMILES string of the molecule is CC/C=C\C/C=C\C/C=C\CCCCCCCC(=O)OC[C@@H](COCCCCCCCCCCCCCCCCCC)OC(=O)CC/C=C\C/C=C\C/C=C\C/C=C\C/C=C\CCCCC. The van der Waals surface area contributed by atoms with E-state index in [1.54, 1.807) is 0 Å². The van der Waals surface area contributed by atoms with Gasteiger partial charge in [-0.3, -0.25) is 9.59 Å². The fraction of sp³-hybridized carbons (Fsp3) is 0.705. The van der Waals surface area contributed by atoms with E-state index in [0.29, 0.717) is 25.9 Å². The highest BCUT2D eigenvalue weighted by Crippen LogP contribution is 2.15. The number of hydrogen-bond donors (Lipinski definition) is 0. The lowest BCUT2D eigenvalue weighted by Crippen LogP contribution is -2.30. The topological polar surface area (TPSA) is 61.8 Å². The highest BCUT2D eigenvalue weighted by Gasteiger charge is 2.17. The zero-order chi connectivity index (χ0) is 47.7. The van der Waals surface area contributed by atoms with Gasteiger partial charge >= 0.3 is 11.9 Å². The molecule has 0 amide bonds. The molecule has 378 valence electrons. The van der Waals surface area contributed by atoms with Gasteiger partial charge in [-0.2, -0.15) is 0 Å². The minimum absolute atomic E-state index is 0.0440. The van der Waals surface area contributed by atoms with E-state index in [9.17, 15) is 9.59 Å². The number of ether oxygens (including phenoxy) is 3. The fourth-order valence-electron chi connectivity index (χ4n) is 7.51. The van der Waals surface area contributed by atoms with Crippen LogP contribution in [0.2, 0.25) is 0 Å². The second-order valence-electron chi connectivity index (χ2n) is 18.1. The maximum absolute atomic E-state index is 12.8. The van der Waals surface area contributed by atoms with Gasteiger partial charge in [0.15, 0.2) is 6.10 Å². The molecule has 0 aromatic rings. The average Bonchev–Trinajstić information content (AvgIpc) is 3.32. The van der Waals surface area contributed by atoms with Gasteiger partial charge in [-0.25, -0.2) is 0 Å². The summed E-state index contributed by atoms with van der Waals surface area (Å²) in [5.74, 6) is -0.509. The number of hydrogen-bond acceptors (Lipinski definition) is 5. The van der Waals surface area contributed by atoms with Crippen LogP contribution in [0.1, 0.15) is 252 Å². The summed E-state index contributed by atoms with van der Waals surface area (Å²) in [6.07, 6.45) is 75.8. The zero-order valence-corrected chi connectivity index (χ0v) is 43.4. The molecule has 0 rings (SSSR count). The van der Waals surface area contributed by atoms with Crippen LogP contribution in [0.4, 0.5) is 0 Å². The van der Waals surface area contributed by atoms with Crippen LogP contribution in [0.25, 0.3) is 0 Å². The second-order valence-corrected chi connectivity index (χ2v) is 18.1. The summed E-state index contributed by atoms with van der Waals surface area (Å²) in [7, 11) is 0. The lowest BCUT2D eigenvalue weighted by Gasteiger charge is -2.18. The third-order valence-electron chi connectivity index (χ3n) is 11.6. The molecular weight excluding hydrogens is 813 g/mol. The molecule has 0 radical (unpaired) electrons. The van der Waals surface area contributed by atoms with Crippen molar-refractivity contribution in [3.8, 4) is 0 Å². The molecule has 0 aliphatic heterocycles. The molecule has 0 unspecified atom stereocenters. The van der Waals surface area contributed by atoms with E-state index >= 15 is 0 Å². The largest absolute Gasteiger partial charge is 0.462 e. The van der Waals surface area contributed by atoms with Gasteiger partial charge in [-0.15, -0.1) is 0 Å². The summed E-state index contributed by atoms with van der Waals surface area (Å²) in [6, 6.07) is 0. The Morgan fingerprint density at radius 2 is 0.712 bits per heavy atom. The number of carbonyl (C=O) groups excluding carboxylic acids is 2. The molecule has 5 heteroatoms. The monoisotopic (exact) mass is 917 g/mol. The molecule has 0 heterocycles. The Hall–Kier alpha value is -3.18. The molecule has 0 aromatic heterocycles. The van der Waals surface area contributed by atoms with E-state index in [1.165, 1.54) is 128 Å². The first-order chi connectivity index (χ1) is 32.6. The van der Waals surface area contributed by atoms with Crippen molar-refractivity contribution in [1.82, 2.24) is 0 Å². The average molecular weight is 917 g/mol. The first kappa shape index (κ1) is 62.8. The summed E-state index contributed by atoms with van der Waals surface area (Å²) in [5, 5.41) is 0. The smallest absolute Gasteiger partial charge is 0.306 e. The van der Waals surface area contributed by atoms with E-state index in [2.05, 4.69) is 112 Å². The van der Waals surface area contributed by atoms with Crippen molar-refractivity contribution in [1.29, 1.82) is 0 Å². The van der Waals surface area contributed by atoms with Crippen molar-refractivity contribution in [3.05, 3.63) is 97.2 Å². The maximum atomic E-state index is 12.8. The van der Waals surface area contributed by atoms with Crippen LogP contribution in [-0.4, -0.2) is 37.9 Å². The van der Waals surface area contributed by atoms with Crippen molar-refractivity contribution in [2.45, 2.75) is 258 Å². The van der Waals surface area contributed by atoms with Gasteiger partial charge < -0.3 is 14.2 Å². The standard InChI is InChI=1S/C61H104O5/c1-4-7-10-13-16-19-22-25-28-30-31-32-34-37-40-43-46-49-52-55-61(63)66-59(57-64-56-53-50-47-44-41-38-35-29-26-23-20-17-14-11-8-5-2)58-65-60(62)54-51-48-45-42-39-36-33-27-24-21-18-15-12-9-6-3/h9,12,16,18-19,21,25,27-28,31-33,37,40,46,49,59H,4-8,10-11,13-15,17,20,22-24,26,29-30,34-36,38-39,41-45,47-48,50-58H2,1-3H3/b12-9-,19-16-,21-18-,28-25-,32-31-,33-27-,40-37-,49-46-/t59-/m1/s1. The Labute approximate surface area is 409 Å². The molecule has 0 aliphatic carbocycles. The van der Waals surface area contributed by atoms with Crippen molar-refractivity contribution >= 4 is 11.9 Å². The molecular formula is C61H104O5. The summed E-state index contributed by atoms with van der Waals surface area (Å²) >= 11 is 0. The van der Waals surface area contributed by atoms with Gasteiger partial charge in [-0.05, 0) is 89.9 Å². The summed E-state index contributed by atoms with van der Waals surface area (Å²) in [5.41, 5.74) is 0. The number of allylic oxidation sites excluding steroid dienone is 16. The first-order valence-corrected chi connectivity index (χ1v) is 27.8. The third kappa shape index (κ3) is 53.4. The Morgan fingerprint density at radius 1 is 0.348 bits per heavy atom. The highest BCUT2D eigenvalue weighted by molar-refractivity contribution is 5.70. The Bertz CT molecular complexity index is 1270. The molecule has 1 atom stereocenters. The summed E-state index contributed by atoms with van der Waals surface area (Å²) in [6.45, 7) is 7.61. The Morgan fingerprint density at radius 3 is 1.18 bits per heavy atom. The van der Waals surface area contributed by atoms with Crippen LogP contribution in [0, 0.1) is 0 Å². The van der Waals surface area contributed by atoms with Crippen molar-refractivity contribution < 1.29 is 23.8 Å². The lowest BCUT2D eigenvalue weighted by atomic mass is 10.0. The van der Waals surface area contributed by atoms with E-state index < -0.39 is 6.10 Å². The Balaban J connectivity index is 4.42. The maximum Gasteiger partial charge on any atom is 0.306 e. The van der Waals surface area contributed by atoms with Gasteiger partial charge in [-0.1, -0.05) is 246 Å². The normalized spacial score (nSPS) is 13.0. The number of unbranched alkanes of at least 4 members (excludes halogenated alkanes) is 23. The lowest BCUT2D eigenvalue weighted by molar-refractivity contribution is -0.162. The predicted molar refractivity (Wildman–Crippen MR) is 288 cm³/mol. The molecule has 0 N–H and O–H groups in total. The van der Waals surface area contributed by atoms with Crippen LogP contribution in [0.15, 0.2) is 97.2 Å². The minimum atomic E-state index is -0.587. The first-order valence-electron chi connectivity index (χ1n) is 27.8. The van der Waals surface area contributed by atoms with E-state index in [0.717, 1.165) is 83.5 Å². The molecule has 0 saturated carbocycles. The molecule has 0 bridgehead atoms. The van der Waals surface area contributed by atoms with Crippen LogP contribution in [-0.2, 0) is 23.8 Å². The molecule has 0 aliphatic rings. The van der Waals surface area contributed by atoms with Crippen LogP contribution in [0.5, 0.6) is 0 Å². The fourth-order valence-corrected chi connectivity index (χ4v) is 7.51. The quantitative estimate of drug-likeness (QED) is 0.0346. The van der Waals surface area contributed by atoms with Gasteiger partial charge in [0, 0.05) is 19.4 Å². The minimum Gasteiger partial charge on any atom is -0.462 e. The van der Waals surface area contributed by atoms with Crippen molar-refractivity contribution in [2.24, 2.45) is 0 Å². The molecule has 66 heavy (non-hydrogen) atoms.